The molecular weight excluding hydrogens is 280 g/mol. The second-order valence-electron chi connectivity index (χ2n) is 6.61. The van der Waals surface area contributed by atoms with Crippen molar-refractivity contribution in [3.05, 3.63) is 0 Å². The molecule has 1 saturated heterocycles. The molecule has 0 spiro atoms. The lowest BCUT2D eigenvalue weighted by Gasteiger charge is -2.46. The first-order valence-corrected chi connectivity index (χ1v) is 11.3. The van der Waals surface area contributed by atoms with Gasteiger partial charge in [-0.3, -0.25) is 0 Å². The fourth-order valence-electron chi connectivity index (χ4n) is 3.00. The Hall–Kier alpha value is 0.657. The highest BCUT2D eigenvalue weighted by Crippen LogP contribution is 2.40. The molecule has 2 fully saturated rings. The van der Waals surface area contributed by atoms with E-state index in [9.17, 15) is 0 Å². The first kappa shape index (κ1) is 13.1. The Bertz CT molecular complexity index is 227. The third kappa shape index (κ3) is 2.91. The lowest BCUT2D eigenvalue weighted by molar-refractivity contribution is -0.148. The van der Waals surface area contributed by atoms with Crippen LogP contribution in [0, 0.1) is 5.92 Å². The van der Waals surface area contributed by atoms with Gasteiger partial charge in [-0.25, -0.2) is 0 Å². The van der Waals surface area contributed by atoms with Gasteiger partial charge >= 0.3 is 0 Å². The molecule has 1 nitrogen and oxygen atoms in total. The Morgan fingerprint density at radius 3 is 2.19 bits per heavy atom. The summed E-state index contributed by atoms with van der Waals surface area (Å²) < 4.78 is 6.79. The molecule has 0 bridgehead atoms. The molecule has 3 heteroatoms. The molecule has 0 aromatic carbocycles. The monoisotopic (exact) mass is 304 g/mol. The third-order valence-corrected chi connectivity index (χ3v) is 10.9. The molecule has 1 aliphatic heterocycles. The lowest BCUT2D eigenvalue weighted by Crippen LogP contribution is -2.54. The summed E-state index contributed by atoms with van der Waals surface area (Å²) in [6.07, 6.45) is 9.56. The summed E-state index contributed by atoms with van der Waals surface area (Å²) in [5.41, 5.74) is 0. The second-order valence-corrected chi connectivity index (χ2v) is 13.8. The van der Waals surface area contributed by atoms with Gasteiger partial charge in [0.2, 0.25) is 0 Å². The molecule has 2 rings (SSSR count). The largest absolute Gasteiger partial charge is 0.374 e. The second kappa shape index (κ2) is 5.11. The van der Waals surface area contributed by atoms with Crippen molar-refractivity contribution >= 4 is 24.0 Å². The zero-order chi connectivity index (χ0) is 11.8. The van der Waals surface area contributed by atoms with E-state index in [2.05, 4.69) is 35.6 Å². The molecule has 1 heterocycles. The molecule has 2 aliphatic rings. The van der Waals surface area contributed by atoms with E-state index in [1.54, 1.807) is 0 Å². The summed E-state index contributed by atoms with van der Waals surface area (Å²) >= 11 is 3.86. The van der Waals surface area contributed by atoms with Gasteiger partial charge < -0.3 is 4.74 Å². The van der Waals surface area contributed by atoms with Crippen molar-refractivity contribution in [2.24, 2.45) is 5.92 Å². The van der Waals surface area contributed by atoms with Crippen LogP contribution >= 0.6 is 15.9 Å². The van der Waals surface area contributed by atoms with Crippen molar-refractivity contribution < 1.29 is 4.74 Å². The van der Waals surface area contributed by atoms with Gasteiger partial charge in [-0.15, -0.1) is 0 Å². The molecule has 1 saturated carbocycles. The van der Waals surface area contributed by atoms with Gasteiger partial charge in [-0.1, -0.05) is 54.8 Å². The molecule has 0 aromatic heterocycles. The van der Waals surface area contributed by atoms with Crippen LogP contribution in [0.15, 0.2) is 0 Å². The normalized spacial score (nSPS) is 34.5. The number of hydrogen-bond acceptors (Lipinski definition) is 1. The zero-order valence-electron chi connectivity index (χ0n) is 10.8. The summed E-state index contributed by atoms with van der Waals surface area (Å²) in [4.78, 5) is 0. The first-order chi connectivity index (χ1) is 7.48. The van der Waals surface area contributed by atoms with Crippen LogP contribution in [-0.2, 0) is 4.74 Å². The number of hydrogen-bond donors (Lipinski definition) is 0. The molecule has 3 atom stereocenters. The molecular formula is C13H25BrOSi. The average Bonchev–Trinajstić information content (AvgIpc) is 2.15. The maximum absolute atomic E-state index is 6.15. The van der Waals surface area contributed by atoms with Crippen LogP contribution < -0.4 is 0 Å². The van der Waals surface area contributed by atoms with Crippen LogP contribution in [0.25, 0.3) is 0 Å². The van der Waals surface area contributed by atoms with E-state index in [4.69, 9.17) is 4.74 Å². The van der Waals surface area contributed by atoms with E-state index in [1.807, 2.05) is 0 Å². The Morgan fingerprint density at radius 1 is 1.12 bits per heavy atom. The Kier molecular flexibility index (Phi) is 4.18. The SMILES string of the molecule is C[Si](C)(C)[C@H](Br)[C@@H]1C[C@H](C2CCCCC2)O1. The van der Waals surface area contributed by atoms with Gasteiger partial charge in [0.05, 0.1) is 20.3 Å². The molecule has 94 valence electrons. The highest BCUT2D eigenvalue weighted by atomic mass is 79.9. The van der Waals surface area contributed by atoms with Crippen molar-refractivity contribution in [2.75, 3.05) is 0 Å². The Morgan fingerprint density at radius 2 is 1.69 bits per heavy atom. The molecule has 0 amide bonds. The number of rotatable bonds is 3. The summed E-state index contributed by atoms with van der Waals surface area (Å²) in [5, 5.41) is 0. The molecule has 0 unspecified atom stereocenters. The van der Waals surface area contributed by atoms with Crippen molar-refractivity contribution in [3.8, 4) is 0 Å². The fourth-order valence-corrected chi connectivity index (χ4v) is 4.67. The fraction of sp³-hybridized carbons (Fsp3) is 1.00. The van der Waals surface area contributed by atoms with Gasteiger partial charge in [-0.05, 0) is 18.8 Å². The van der Waals surface area contributed by atoms with Crippen LogP contribution in [0.5, 0.6) is 0 Å². The first-order valence-electron chi connectivity index (χ1n) is 6.78. The maximum Gasteiger partial charge on any atom is 0.0703 e. The highest BCUT2D eigenvalue weighted by molar-refractivity contribution is 9.10. The highest BCUT2D eigenvalue weighted by Gasteiger charge is 2.43. The van der Waals surface area contributed by atoms with Crippen molar-refractivity contribution in [1.82, 2.24) is 0 Å². The average molecular weight is 305 g/mol. The van der Waals surface area contributed by atoms with Crippen LogP contribution in [0.1, 0.15) is 38.5 Å². The van der Waals surface area contributed by atoms with E-state index in [0.29, 0.717) is 16.7 Å². The maximum atomic E-state index is 6.15. The summed E-state index contributed by atoms with van der Waals surface area (Å²) in [7, 11) is -1.08. The predicted octanol–water partition coefficient (Wildman–Crippen LogP) is 4.37. The quantitative estimate of drug-likeness (QED) is 0.556. The van der Waals surface area contributed by atoms with E-state index < -0.39 is 8.07 Å². The van der Waals surface area contributed by atoms with Crippen LogP contribution in [0.2, 0.25) is 19.6 Å². The molecule has 1 aliphatic carbocycles. The van der Waals surface area contributed by atoms with Crippen LogP contribution in [-0.4, -0.2) is 24.7 Å². The summed E-state index contributed by atoms with van der Waals surface area (Å²) in [6, 6.07) is 0. The van der Waals surface area contributed by atoms with Gasteiger partial charge in [0.1, 0.15) is 0 Å². The van der Waals surface area contributed by atoms with Gasteiger partial charge in [-0.2, -0.15) is 0 Å². The van der Waals surface area contributed by atoms with Crippen LogP contribution in [0.3, 0.4) is 0 Å². The standard InChI is InChI=1S/C13H25BrOSi/c1-16(2,3)13(14)12-9-11(15-12)10-7-5-4-6-8-10/h10-13H,4-9H2,1-3H3/t11-,12+,13+/m1/s1. The predicted molar refractivity (Wildman–Crippen MR) is 75.9 cm³/mol. The third-order valence-electron chi connectivity index (χ3n) is 4.14. The molecule has 0 radical (unpaired) electrons. The van der Waals surface area contributed by atoms with E-state index in [1.165, 1.54) is 38.5 Å². The Balaban J connectivity index is 1.76. The minimum Gasteiger partial charge on any atom is -0.374 e. The van der Waals surface area contributed by atoms with Crippen LogP contribution in [0.4, 0.5) is 0 Å². The van der Waals surface area contributed by atoms with Gasteiger partial charge in [0.25, 0.3) is 0 Å². The van der Waals surface area contributed by atoms with Gasteiger partial charge in [0.15, 0.2) is 0 Å². The minimum absolute atomic E-state index is 0.513. The summed E-state index contributed by atoms with van der Waals surface area (Å²) in [5.74, 6) is 0.881. The minimum atomic E-state index is -1.08. The van der Waals surface area contributed by atoms with Crippen molar-refractivity contribution in [2.45, 2.75) is 74.8 Å². The van der Waals surface area contributed by atoms with Gasteiger partial charge in [0, 0.05) is 10.9 Å². The molecule has 0 aromatic rings. The number of halogens is 1. The van der Waals surface area contributed by atoms with E-state index in [0.717, 1.165) is 5.92 Å². The Labute approximate surface area is 109 Å². The summed E-state index contributed by atoms with van der Waals surface area (Å²) in [6.45, 7) is 7.26. The number of alkyl halides is 1. The van der Waals surface area contributed by atoms with Crippen molar-refractivity contribution in [3.63, 3.8) is 0 Å². The van der Waals surface area contributed by atoms with E-state index >= 15 is 0 Å². The van der Waals surface area contributed by atoms with Crippen molar-refractivity contribution in [1.29, 1.82) is 0 Å². The van der Waals surface area contributed by atoms with E-state index in [-0.39, 0.29) is 0 Å². The topological polar surface area (TPSA) is 9.23 Å². The number of ether oxygens (including phenoxy) is 1. The molecule has 16 heavy (non-hydrogen) atoms. The zero-order valence-corrected chi connectivity index (χ0v) is 13.4. The smallest absolute Gasteiger partial charge is 0.0703 e. The lowest BCUT2D eigenvalue weighted by atomic mass is 9.81. The molecule has 0 N–H and O–H groups in total.